The second-order valence-corrected chi connectivity index (χ2v) is 21.7. The number of amides is 7. The average Bonchev–Trinajstić information content (AvgIpc) is 3.77. The normalized spacial score (nSPS) is 18.7. The summed E-state index contributed by atoms with van der Waals surface area (Å²) in [7, 11) is 0. The summed E-state index contributed by atoms with van der Waals surface area (Å²) in [6.45, 7) is 20.5. The number of hydroxylamine groups is 2. The largest absolute Gasteiger partial charge is 0.445 e. The number of carbonyl (C=O) groups is 7. The van der Waals surface area contributed by atoms with Gasteiger partial charge in [0, 0.05) is 36.6 Å². The van der Waals surface area contributed by atoms with Gasteiger partial charge in [-0.15, -0.1) is 0 Å². The van der Waals surface area contributed by atoms with Gasteiger partial charge in [-0.2, -0.15) is 5.06 Å². The summed E-state index contributed by atoms with van der Waals surface area (Å²) in [6, 6.07) is 12.8. The molecule has 0 aliphatic carbocycles. The van der Waals surface area contributed by atoms with Crippen LogP contribution in [0.4, 0.5) is 9.59 Å². The smallest absolute Gasteiger partial charge is 0.408 e. The number of ether oxygens (including phenoxy) is 2. The second kappa shape index (κ2) is 25.4. The zero-order valence-corrected chi connectivity index (χ0v) is 43.2. The molecular formula is C52H80N8O10. The number of nitrogens with one attached hydrogen (secondary N) is 6. The van der Waals surface area contributed by atoms with E-state index >= 15 is 0 Å². The Hall–Kier alpha value is -5.75. The fourth-order valence-electron chi connectivity index (χ4n) is 9.24. The lowest BCUT2D eigenvalue weighted by Crippen LogP contribution is -2.64. The maximum Gasteiger partial charge on any atom is 0.408 e. The number of nitrogens with zero attached hydrogens (tertiary/aromatic N) is 2. The summed E-state index contributed by atoms with van der Waals surface area (Å²) >= 11 is 0. The van der Waals surface area contributed by atoms with Crippen molar-refractivity contribution in [1.29, 1.82) is 0 Å². The van der Waals surface area contributed by atoms with Gasteiger partial charge in [-0.1, -0.05) is 88.4 Å². The third kappa shape index (κ3) is 17.6. The molecule has 18 heteroatoms. The highest BCUT2D eigenvalue weighted by Gasteiger charge is 2.46. The summed E-state index contributed by atoms with van der Waals surface area (Å²) in [5.74, 6) is -3.14. The van der Waals surface area contributed by atoms with Crippen LogP contribution in [0.5, 0.6) is 0 Å². The SMILES string of the molecule is CC(C)C[C@H](NC(=O)OC(C)(C)C)C(=O)N[C@H](Cc1ccccc1)C(=O)N1CCC[C@H]1C(=O)N[C@H](C(=O)N[C@H](CCCNC(=O)OCc1ccccc1)C(=O)NC1CC(C)(C)N(O)C(C)(C)C1)C(C)C. The molecule has 0 spiro atoms. The first-order valence-corrected chi connectivity index (χ1v) is 24.8. The van der Waals surface area contributed by atoms with Crippen molar-refractivity contribution in [1.82, 2.24) is 41.9 Å². The molecule has 0 saturated carbocycles. The van der Waals surface area contributed by atoms with Gasteiger partial charge in [-0.3, -0.25) is 24.0 Å². The lowest BCUT2D eigenvalue weighted by atomic mass is 9.79. The Morgan fingerprint density at radius 3 is 1.90 bits per heavy atom. The van der Waals surface area contributed by atoms with Crippen molar-refractivity contribution in [3.8, 4) is 0 Å². The van der Waals surface area contributed by atoms with Gasteiger partial charge in [0.05, 0.1) is 0 Å². The molecule has 2 aliphatic heterocycles. The number of alkyl carbamates (subject to hydrolysis) is 2. The molecule has 0 bridgehead atoms. The standard InChI is InChI=1S/C52H80N8O10/c1-33(2)28-39(57-49(67)70-50(5,6)7)44(62)56-40(29-35-20-14-12-15-21-35)47(65)59-27-19-25-41(59)45(63)58-42(34(3)4)46(64)55-38(24-18-26-53-48(66)69-32-36-22-16-13-17-23-36)43(61)54-37-30-51(8,9)60(68)52(10,11)31-37/h12-17,20-23,33-34,37-42,68H,18-19,24-32H2,1-11H3,(H,53,66)(H,54,61)(H,55,64)(H,56,62)(H,57,67)(H,58,63)/t38-,39+,40-,41+,42+/m1/s1. The Bertz CT molecular complexity index is 2060. The van der Waals surface area contributed by atoms with E-state index in [1.165, 1.54) is 9.96 Å². The van der Waals surface area contributed by atoms with E-state index in [1.807, 2.05) is 102 Å². The zero-order valence-electron chi connectivity index (χ0n) is 43.2. The van der Waals surface area contributed by atoms with Crippen molar-refractivity contribution in [2.75, 3.05) is 13.1 Å². The second-order valence-electron chi connectivity index (χ2n) is 21.7. The number of likely N-dealkylation sites (tertiary alicyclic amines) is 1. The molecule has 70 heavy (non-hydrogen) atoms. The minimum absolute atomic E-state index is 0.000370. The molecule has 0 unspecified atom stereocenters. The van der Waals surface area contributed by atoms with E-state index < -0.39 is 94.5 Å². The van der Waals surface area contributed by atoms with Gasteiger partial charge in [0.25, 0.3) is 0 Å². The molecule has 7 N–H and O–H groups in total. The van der Waals surface area contributed by atoms with E-state index in [0.29, 0.717) is 32.1 Å². The lowest BCUT2D eigenvalue weighted by Gasteiger charge is -2.51. The van der Waals surface area contributed by atoms with E-state index in [2.05, 4.69) is 31.9 Å². The minimum atomic E-state index is -1.11. The van der Waals surface area contributed by atoms with E-state index in [0.717, 1.165) is 11.1 Å². The number of carbonyl (C=O) groups excluding carboxylic acids is 7. The molecule has 0 aromatic heterocycles. The minimum Gasteiger partial charge on any atom is -0.445 e. The number of hydrogen-bond acceptors (Lipinski definition) is 11. The van der Waals surface area contributed by atoms with Crippen LogP contribution in [-0.4, -0.2) is 123 Å². The Labute approximate surface area is 414 Å². The van der Waals surface area contributed by atoms with E-state index in [9.17, 15) is 38.8 Å². The monoisotopic (exact) mass is 977 g/mol. The number of piperidine rings is 1. The molecule has 0 radical (unpaired) electrons. The van der Waals surface area contributed by atoms with E-state index in [1.54, 1.807) is 34.6 Å². The number of hydrogen-bond donors (Lipinski definition) is 7. The topological polar surface area (TPSA) is 237 Å². The molecule has 7 amide bonds. The van der Waals surface area contributed by atoms with Crippen LogP contribution in [0.1, 0.15) is 132 Å². The molecule has 18 nitrogen and oxygen atoms in total. The van der Waals surface area contributed by atoms with E-state index in [-0.39, 0.29) is 50.9 Å². The summed E-state index contributed by atoms with van der Waals surface area (Å²) in [5.41, 5.74) is -0.533. The van der Waals surface area contributed by atoms with Crippen LogP contribution in [0.3, 0.4) is 0 Å². The van der Waals surface area contributed by atoms with Crippen molar-refractivity contribution >= 4 is 41.7 Å². The summed E-state index contributed by atoms with van der Waals surface area (Å²) < 4.78 is 10.8. The molecule has 2 aromatic carbocycles. The van der Waals surface area contributed by atoms with Crippen LogP contribution in [0.25, 0.3) is 0 Å². The summed E-state index contributed by atoms with van der Waals surface area (Å²) in [4.78, 5) is 98.1. The van der Waals surface area contributed by atoms with Gasteiger partial charge >= 0.3 is 12.2 Å². The molecule has 2 aromatic rings. The predicted molar refractivity (Wildman–Crippen MR) is 265 cm³/mol. The number of rotatable bonds is 21. The summed E-state index contributed by atoms with van der Waals surface area (Å²) in [5, 5.41) is 29.3. The van der Waals surface area contributed by atoms with Crippen LogP contribution in [-0.2, 0) is 46.5 Å². The highest BCUT2D eigenvalue weighted by Crippen LogP contribution is 2.36. The van der Waals surface area contributed by atoms with Gasteiger partial charge in [-0.05, 0) is 116 Å². The van der Waals surface area contributed by atoms with Gasteiger partial charge in [0.2, 0.25) is 29.5 Å². The fourth-order valence-corrected chi connectivity index (χ4v) is 9.24. The van der Waals surface area contributed by atoms with Crippen molar-refractivity contribution in [2.45, 2.75) is 187 Å². The molecule has 5 atom stereocenters. The molecular weight excluding hydrogens is 897 g/mol. The van der Waals surface area contributed by atoms with Gasteiger partial charge in [-0.25, -0.2) is 9.59 Å². The molecule has 388 valence electrons. The Morgan fingerprint density at radius 2 is 1.33 bits per heavy atom. The third-order valence-corrected chi connectivity index (χ3v) is 12.5. The molecule has 2 aliphatic rings. The first kappa shape index (κ1) is 56.8. The molecule has 4 rings (SSSR count). The van der Waals surface area contributed by atoms with Gasteiger partial charge in [0.1, 0.15) is 42.4 Å². The Kier molecular flexibility index (Phi) is 20.6. The predicted octanol–water partition coefficient (Wildman–Crippen LogP) is 5.50. The molecule has 2 heterocycles. The molecule has 2 saturated heterocycles. The van der Waals surface area contributed by atoms with Crippen LogP contribution in [0, 0.1) is 11.8 Å². The first-order valence-electron chi connectivity index (χ1n) is 24.8. The van der Waals surface area contributed by atoms with Crippen LogP contribution >= 0.6 is 0 Å². The van der Waals surface area contributed by atoms with Crippen molar-refractivity contribution in [3.05, 3.63) is 71.8 Å². The van der Waals surface area contributed by atoms with E-state index in [4.69, 9.17) is 9.47 Å². The van der Waals surface area contributed by atoms with Gasteiger partial charge in [0.15, 0.2) is 0 Å². The highest BCUT2D eigenvalue weighted by molar-refractivity contribution is 5.96. The Morgan fingerprint density at radius 1 is 0.743 bits per heavy atom. The Balaban J connectivity index is 1.50. The average molecular weight is 977 g/mol. The maximum absolute atomic E-state index is 14.6. The zero-order chi connectivity index (χ0) is 52.0. The summed E-state index contributed by atoms with van der Waals surface area (Å²) in [6.07, 6.45) is 1.07. The van der Waals surface area contributed by atoms with Crippen molar-refractivity contribution < 1.29 is 48.2 Å². The van der Waals surface area contributed by atoms with Crippen molar-refractivity contribution in [2.24, 2.45) is 11.8 Å². The van der Waals surface area contributed by atoms with Gasteiger partial charge < -0.3 is 51.5 Å². The van der Waals surface area contributed by atoms with Crippen LogP contribution in [0.2, 0.25) is 0 Å². The molecule has 2 fully saturated rings. The quantitative estimate of drug-likeness (QED) is 0.0771. The fraction of sp³-hybridized carbons (Fsp3) is 0.635. The first-order chi connectivity index (χ1) is 32.8. The van der Waals surface area contributed by atoms with Crippen LogP contribution in [0.15, 0.2) is 60.7 Å². The highest BCUT2D eigenvalue weighted by atomic mass is 16.6. The lowest BCUT2D eigenvalue weighted by molar-refractivity contribution is -0.246. The van der Waals surface area contributed by atoms with Crippen LogP contribution < -0.4 is 31.9 Å². The maximum atomic E-state index is 14.6. The van der Waals surface area contributed by atoms with Crippen molar-refractivity contribution in [3.63, 3.8) is 0 Å². The number of benzene rings is 2. The third-order valence-electron chi connectivity index (χ3n) is 12.5.